The van der Waals surface area contributed by atoms with Crippen LogP contribution in [0.25, 0.3) is 0 Å². The molecule has 0 radical (unpaired) electrons. The fourth-order valence-corrected chi connectivity index (χ4v) is 2.99. The van der Waals surface area contributed by atoms with E-state index in [1.54, 1.807) is 55.6 Å². The third kappa shape index (κ3) is 8.10. The summed E-state index contributed by atoms with van der Waals surface area (Å²) in [6, 6.07) is 23.6. The summed E-state index contributed by atoms with van der Waals surface area (Å²) in [5, 5.41) is 2.45. The molecule has 9 heteroatoms. The van der Waals surface area contributed by atoms with Crippen LogP contribution >= 0.6 is 12.2 Å². The van der Waals surface area contributed by atoms with Crippen molar-refractivity contribution in [2.45, 2.75) is 6.42 Å². The van der Waals surface area contributed by atoms with E-state index < -0.39 is 11.8 Å². The van der Waals surface area contributed by atoms with Gasteiger partial charge in [-0.1, -0.05) is 36.4 Å². The van der Waals surface area contributed by atoms with Gasteiger partial charge in [-0.05, 0) is 60.2 Å². The molecular weight excluding hydrogens is 454 g/mol. The monoisotopic (exact) mass is 479 g/mol. The lowest BCUT2D eigenvalue weighted by molar-refractivity contribution is -0.123. The van der Waals surface area contributed by atoms with Crippen molar-refractivity contribution in [1.82, 2.24) is 16.2 Å². The number of carbonyl (C=O) groups excluding carboxylic acids is 2. The highest BCUT2D eigenvalue weighted by Crippen LogP contribution is 2.17. The number of hydrogen-bond donors (Lipinski definition) is 3. The van der Waals surface area contributed by atoms with Crippen molar-refractivity contribution >= 4 is 29.1 Å². The van der Waals surface area contributed by atoms with Crippen molar-refractivity contribution in [1.29, 1.82) is 0 Å². The molecule has 176 valence electrons. The first-order valence-electron chi connectivity index (χ1n) is 10.5. The van der Waals surface area contributed by atoms with Crippen LogP contribution in [0.15, 0.2) is 78.9 Å². The second kappa shape index (κ2) is 12.8. The zero-order chi connectivity index (χ0) is 24.2. The first-order valence-corrected chi connectivity index (χ1v) is 10.9. The zero-order valence-corrected chi connectivity index (χ0v) is 19.4. The highest BCUT2D eigenvalue weighted by Gasteiger charge is 2.10. The molecule has 0 aromatic heterocycles. The summed E-state index contributed by atoms with van der Waals surface area (Å²) < 4.78 is 16.2. The Morgan fingerprint density at radius 3 is 2.29 bits per heavy atom. The minimum Gasteiger partial charge on any atom is -0.497 e. The van der Waals surface area contributed by atoms with Crippen LogP contribution in [0.1, 0.15) is 15.9 Å². The maximum absolute atomic E-state index is 12.5. The Balaban J connectivity index is 1.39. The van der Waals surface area contributed by atoms with Gasteiger partial charge in [-0.15, -0.1) is 0 Å². The van der Waals surface area contributed by atoms with Gasteiger partial charge in [0.25, 0.3) is 11.8 Å². The van der Waals surface area contributed by atoms with Gasteiger partial charge in [-0.25, -0.2) is 0 Å². The van der Waals surface area contributed by atoms with Crippen molar-refractivity contribution in [3.8, 4) is 17.2 Å². The summed E-state index contributed by atoms with van der Waals surface area (Å²) in [4.78, 5) is 24.4. The van der Waals surface area contributed by atoms with Crippen LogP contribution in [0.5, 0.6) is 17.2 Å². The third-order valence-corrected chi connectivity index (χ3v) is 4.77. The Bertz CT molecular complexity index is 1110. The number of ether oxygens (including phenoxy) is 3. The quantitative estimate of drug-likeness (QED) is 0.321. The Labute approximate surface area is 203 Å². The number of thiocarbonyl (C=S) groups is 1. The molecule has 0 unspecified atom stereocenters. The molecular formula is C25H25N3O5S. The van der Waals surface area contributed by atoms with E-state index in [1.807, 2.05) is 30.3 Å². The summed E-state index contributed by atoms with van der Waals surface area (Å²) >= 11 is 5.07. The molecule has 0 saturated heterocycles. The van der Waals surface area contributed by atoms with Gasteiger partial charge < -0.3 is 14.2 Å². The van der Waals surface area contributed by atoms with E-state index in [0.29, 0.717) is 29.4 Å². The largest absolute Gasteiger partial charge is 0.497 e. The van der Waals surface area contributed by atoms with E-state index in [1.165, 1.54) is 5.56 Å². The predicted molar refractivity (Wildman–Crippen MR) is 132 cm³/mol. The third-order valence-electron chi connectivity index (χ3n) is 4.57. The molecule has 0 aliphatic rings. The fourth-order valence-electron chi connectivity index (χ4n) is 2.85. The summed E-state index contributed by atoms with van der Waals surface area (Å²) in [5.41, 5.74) is 6.38. The molecule has 0 spiro atoms. The number of hydrogen-bond acceptors (Lipinski definition) is 6. The SMILES string of the molecule is COc1ccc(OCC(=O)NNC(=S)NC(=O)c2cccc(OCCc3ccccc3)c2)cc1. The summed E-state index contributed by atoms with van der Waals surface area (Å²) in [5.74, 6) is 0.865. The molecule has 34 heavy (non-hydrogen) atoms. The second-order valence-electron chi connectivity index (χ2n) is 7.03. The predicted octanol–water partition coefficient (Wildman–Crippen LogP) is 3.03. The first-order chi connectivity index (χ1) is 16.5. The molecule has 3 N–H and O–H groups in total. The molecule has 0 bridgehead atoms. The highest BCUT2D eigenvalue weighted by atomic mass is 32.1. The Hall–Kier alpha value is -4.11. The van der Waals surface area contributed by atoms with Gasteiger partial charge in [0, 0.05) is 12.0 Å². The van der Waals surface area contributed by atoms with Crippen molar-refractivity contribution in [2.75, 3.05) is 20.3 Å². The molecule has 2 amide bonds. The molecule has 0 aliphatic carbocycles. The van der Waals surface area contributed by atoms with Gasteiger partial charge in [-0.3, -0.25) is 25.8 Å². The standard InChI is InChI=1S/C25H25N3O5S/c1-31-20-10-12-21(13-11-20)33-17-23(29)27-28-25(34)26-24(30)19-8-5-9-22(16-19)32-15-14-18-6-3-2-4-7-18/h2-13,16H,14-15,17H2,1H3,(H,27,29)(H2,26,28,30,34). The number of carbonyl (C=O) groups is 2. The van der Waals surface area contributed by atoms with Crippen LogP contribution in [0.4, 0.5) is 0 Å². The van der Waals surface area contributed by atoms with Crippen molar-refractivity contribution in [2.24, 2.45) is 0 Å². The van der Waals surface area contributed by atoms with Gasteiger partial charge in [-0.2, -0.15) is 0 Å². The van der Waals surface area contributed by atoms with Crippen LogP contribution in [0, 0.1) is 0 Å². The average Bonchev–Trinajstić information content (AvgIpc) is 2.87. The van der Waals surface area contributed by atoms with Gasteiger partial charge in [0.05, 0.1) is 13.7 Å². The molecule has 0 aliphatic heterocycles. The van der Waals surface area contributed by atoms with Gasteiger partial charge >= 0.3 is 0 Å². The van der Waals surface area contributed by atoms with Gasteiger partial charge in [0.15, 0.2) is 11.7 Å². The summed E-state index contributed by atoms with van der Waals surface area (Å²) in [6.45, 7) is 0.248. The molecule has 0 heterocycles. The topological polar surface area (TPSA) is 97.9 Å². The maximum Gasteiger partial charge on any atom is 0.276 e. The van der Waals surface area contributed by atoms with E-state index in [9.17, 15) is 9.59 Å². The number of nitrogens with one attached hydrogen (secondary N) is 3. The maximum atomic E-state index is 12.5. The van der Waals surface area contributed by atoms with Crippen LogP contribution in [0.2, 0.25) is 0 Å². The second-order valence-corrected chi connectivity index (χ2v) is 7.44. The lowest BCUT2D eigenvalue weighted by atomic mass is 10.2. The number of hydrazine groups is 1. The Morgan fingerprint density at radius 2 is 1.56 bits per heavy atom. The molecule has 0 atom stereocenters. The van der Waals surface area contributed by atoms with Crippen LogP contribution in [-0.4, -0.2) is 37.3 Å². The molecule has 0 saturated carbocycles. The normalized spacial score (nSPS) is 10.0. The molecule has 3 aromatic carbocycles. The van der Waals surface area contributed by atoms with Crippen molar-refractivity contribution < 1.29 is 23.8 Å². The average molecular weight is 480 g/mol. The molecule has 3 rings (SSSR count). The lowest BCUT2D eigenvalue weighted by Gasteiger charge is -2.12. The number of amides is 2. The fraction of sp³-hybridized carbons (Fsp3) is 0.160. The minimum atomic E-state index is -0.471. The van der Waals surface area contributed by atoms with Gasteiger partial charge in [0.2, 0.25) is 0 Å². The molecule has 0 fully saturated rings. The molecule has 3 aromatic rings. The Kier molecular flexibility index (Phi) is 9.24. The minimum absolute atomic E-state index is 0.0572. The Morgan fingerprint density at radius 1 is 0.824 bits per heavy atom. The summed E-state index contributed by atoms with van der Waals surface area (Å²) in [6.07, 6.45) is 0.757. The molecule has 8 nitrogen and oxygen atoms in total. The highest BCUT2D eigenvalue weighted by molar-refractivity contribution is 7.80. The lowest BCUT2D eigenvalue weighted by Crippen LogP contribution is -2.49. The van der Waals surface area contributed by atoms with E-state index in [-0.39, 0.29) is 11.7 Å². The van der Waals surface area contributed by atoms with Crippen LogP contribution < -0.4 is 30.4 Å². The van der Waals surface area contributed by atoms with E-state index in [4.69, 9.17) is 26.4 Å². The summed E-state index contributed by atoms with van der Waals surface area (Å²) in [7, 11) is 1.56. The number of methoxy groups -OCH3 is 1. The number of rotatable bonds is 9. The number of benzene rings is 3. The van der Waals surface area contributed by atoms with E-state index in [2.05, 4.69) is 16.2 Å². The van der Waals surface area contributed by atoms with E-state index >= 15 is 0 Å². The van der Waals surface area contributed by atoms with Crippen molar-refractivity contribution in [3.05, 3.63) is 90.0 Å². The van der Waals surface area contributed by atoms with E-state index in [0.717, 1.165) is 6.42 Å². The zero-order valence-electron chi connectivity index (χ0n) is 18.6. The van der Waals surface area contributed by atoms with Crippen LogP contribution in [0.3, 0.4) is 0 Å². The first kappa shape index (κ1) is 24.5. The smallest absolute Gasteiger partial charge is 0.276 e. The van der Waals surface area contributed by atoms with Gasteiger partial charge in [0.1, 0.15) is 17.2 Å². The van der Waals surface area contributed by atoms with Crippen molar-refractivity contribution in [3.63, 3.8) is 0 Å². The van der Waals surface area contributed by atoms with Crippen LogP contribution in [-0.2, 0) is 11.2 Å².